The molecule has 0 aliphatic carbocycles. The summed E-state index contributed by atoms with van der Waals surface area (Å²) in [7, 11) is 5.27. The Kier molecular flexibility index (Phi) is 6.94. The Balaban J connectivity index is 2.12. The molecule has 0 saturated carbocycles. The van der Waals surface area contributed by atoms with Crippen molar-refractivity contribution in [3.63, 3.8) is 0 Å². The van der Waals surface area contributed by atoms with Gasteiger partial charge in [-0.25, -0.2) is 19.0 Å². The molecule has 0 N–H and O–H groups in total. The summed E-state index contributed by atoms with van der Waals surface area (Å²) in [6, 6.07) is 14.5. The van der Waals surface area contributed by atoms with Gasteiger partial charge in [-0.05, 0) is 41.5 Å². The minimum atomic E-state index is -0.803. The fraction of sp³-hybridized carbons (Fsp3) is 0.208. The Hall–Kier alpha value is -4.07. The van der Waals surface area contributed by atoms with Gasteiger partial charge in [-0.3, -0.25) is 0 Å². The highest BCUT2D eigenvalue weighted by atomic mass is 16.5. The Morgan fingerprint density at radius 2 is 1.56 bits per heavy atom. The van der Waals surface area contributed by atoms with Crippen LogP contribution >= 0.6 is 0 Å². The van der Waals surface area contributed by atoms with Crippen LogP contribution in [0.25, 0.3) is 17.0 Å². The van der Waals surface area contributed by atoms with E-state index in [4.69, 9.17) is 18.9 Å². The molecule has 0 spiro atoms. The number of nitrogens with zero attached hydrogens (tertiary/aromatic N) is 1. The van der Waals surface area contributed by atoms with E-state index in [0.717, 1.165) is 10.9 Å². The van der Waals surface area contributed by atoms with E-state index in [9.17, 15) is 14.4 Å². The quantitative estimate of drug-likeness (QED) is 0.191. The van der Waals surface area contributed by atoms with Crippen LogP contribution in [-0.2, 0) is 30.2 Å². The number of hydrogen-bond acceptors (Lipinski definition) is 7. The first-order chi connectivity index (χ1) is 15.4. The molecule has 0 radical (unpaired) electrons. The van der Waals surface area contributed by atoms with E-state index in [2.05, 4.69) is 0 Å². The minimum Gasteiger partial charge on any atom is -0.497 e. The fourth-order valence-electron chi connectivity index (χ4n) is 3.42. The molecule has 166 valence electrons. The van der Waals surface area contributed by atoms with Gasteiger partial charge in [0.05, 0.1) is 34.0 Å². The first-order valence-electron chi connectivity index (χ1n) is 9.66. The Bertz CT molecular complexity index is 1190. The van der Waals surface area contributed by atoms with E-state index in [1.165, 1.54) is 32.0 Å². The Labute approximate surface area is 184 Å². The van der Waals surface area contributed by atoms with Crippen molar-refractivity contribution in [2.24, 2.45) is 0 Å². The number of fused-ring (bicyclic) bond motifs is 1. The SMILES string of the molecule is COC(=O)C(=Cc1ccccc1Cc1cc2cc(OC)ccc2n1C(=O)OC)C(=O)OC. The molecule has 1 heterocycles. The number of aromatic nitrogens is 1. The highest BCUT2D eigenvalue weighted by molar-refractivity contribution is 6.17. The van der Waals surface area contributed by atoms with Gasteiger partial charge in [-0.15, -0.1) is 0 Å². The standard InChI is InChI=1S/C24H23NO7/c1-29-19-9-10-21-17(13-19)12-18(25(21)24(28)32-4)11-15-7-5-6-8-16(15)14-20(22(26)30-2)23(27)31-3/h5-10,12-14H,11H2,1-4H3. The molecule has 3 aromatic rings. The third-order valence-corrected chi connectivity index (χ3v) is 4.98. The predicted molar refractivity (Wildman–Crippen MR) is 118 cm³/mol. The lowest BCUT2D eigenvalue weighted by Gasteiger charge is -2.11. The molecule has 0 aliphatic rings. The second-order valence-electron chi connectivity index (χ2n) is 6.78. The van der Waals surface area contributed by atoms with Crippen LogP contribution < -0.4 is 4.74 Å². The van der Waals surface area contributed by atoms with Gasteiger partial charge in [0.1, 0.15) is 11.3 Å². The summed E-state index contributed by atoms with van der Waals surface area (Å²) in [5.74, 6) is -0.944. The molecule has 8 heteroatoms. The number of carbonyl (C=O) groups excluding carboxylic acids is 3. The third kappa shape index (κ3) is 4.49. The number of hydrogen-bond donors (Lipinski definition) is 0. The number of ether oxygens (including phenoxy) is 4. The first-order valence-corrected chi connectivity index (χ1v) is 9.66. The summed E-state index contributed by atoms with van der Waals surface area (Å²) in [6.07, 6.45) is 1.22. The average Bonchev–Trinajstić information content (AvgIpc) is 3.18. The van der Waals surface area contributed by atoms with E-state index in [1.807, 2.05) is 24.3 Å². The largest absolute Gasteiger partial charge is 0.497 e. The summed E-state index contributed by atoms with van der Waals surface area (Å²) in [6.45, 7) is 0. The highest BCUT2D eigenvalue weighted by Crippen LogP contribution is 2.27. The summed E-state index contributed by atoms with van der Waals surface area (Å²) in [4.78, 5) is 36.7. The maximum atomic E-state index is 12.5. The highest BCUT2D eigenvalue weighted by Gasteiger charge is 2.21. The van der Waals surface area contributed by atoms with E-state index in [0.29, 0.717) is 28.9 Å². The van der Waals surface area contributed by atoms with E-state index >= 15 is 0 Å². The van der Waals surface area contributed by atoms with Crippen LogP contribution in [0.1, 0.15) is 16.8 Å². The van der Waals surface area contributed by atoms with Crippen LogP contribution in [0.4, 0.5) is 4.79 Å². The van der Waals surface area contributed by atoms with E-state index in [-0.39, 0.29) is 5.57 Å². The van der Waals surface area contributed by atoms with Crippen LogP contribution in [0.2, 0.25) is 0 Å². The second-order valence-corrected chi connectivity index (χ2v) is 6.78. The molecule has 3 rings (SSSR count). The third-order valence-electron chi connectivity index (χ3n) is 4.98. The van der Waals surface area contributed by atoms with Crippen molar-refractivity contribution in [3.8, 4) is 5.75 Å². The minimum absolute atomic E-state index is 0.235. The van der Waals surface area contributed by atoms with Gasteiger partial charge >= 0.3 is 18.0 Å². The molecule has 0 fully saturated rings. The number of carbonyl (C=O) groups is 3. The van der Waals surface area contributed by atoms with Crippen molar-refractivity contribution in [2.45, 2.75) is 6.42 Å². The zero-order valence-corrected chi connectivity index (χ0v) is 18.2. The molecule has 0 saturated heterocycles. The summed E-state index contributed by atoms with van der Waals surface area (Å²) >= 11 is 0. The van der Waals surface area contributed by atoms with E-state index < -0.39 is 18.0 Å². The van der Waals surface area contributed by atoms with Crippen molar-refractivity contribution in [2.75, 3.05) is 28.4 Å². The molecule has 1 aromatic heterocycles. The van der Waals surface area contributed by atoms with Gasteiger partial charge in [0.15, 0.2) is 0 Å². The van der Waals surface area contributed by atoms with Gasteiger partial charge in [0.2, 0.25) is 0 Å². The maximum absolute atomic E-state index is 12.5. The zero-order valence-electron chi connectivity index (χ0n) is 18.2. The van der Waals surface area contributed by atoms with E-state index in [1.54, 1.807) is 31.4 Å². The van der Waals surface area contributed by atoms with Crippen LogP contribution in [-0.4, -0.2) is 51.0 Å². The smallest absolute Gasteiger partial charge is 0.418 e. The lowest BCUT2D eigenvalue weighted by molar-refractivity contribution is -0.143. The van der Waals surface area contributed by atoms with Crippen LogP contribution in [0.3, 0.4) is 0 Å². The molecule has 0 bridgehead atoms. The molecular formula is C24H23NO7. The van der Waals surface area contributed by atoms with Crippen molar-refractivity contribution in [3.05, 3.63) is 70.9 Å². The molecule has 0 unspecified atom stereocenters. The Morgan fingerprint density at radius 1 is 0.875 bits per heavy atom. The Morgan fingerprint density at radius 3 is 2.19 bits per heavy atom. The predicted octanol–water partition coefficient (Wildman–Crippen LogP) is 3.58. The van der Waals surface area contributed by atoms with Crippen molar-refractivity contribution >= 4 is 35.0 Å². The lowest BCUT2D eigenvalue weighted by Crippen LogP contribution is -2.16. The molecule has 0 aliphatic heterocycles. The zero-order chi connectivity index (χ0) is 23.3. The van der Waals surface area contributed by atoms with Crippen molar-refractivity contribution in [1.82, 2.24) is 4.57 Å². The topological polar surface area (TPSA) is 93.1 Å². The fourth-order valence-corrected chi connectivity index (χ4v) is 3.42. The van der Waals surface area contributed by atoms with Gasteiger partial charge in [0.25, 0.3) is 0 Å². The number of rotatable bonds is 6. The average molecular weight is 437 g/mol. The molecule has 2 aromatic carbocycles. The molecule has 8 nitrogen and oxygen atoms in total. The van der Waals surface area contributed by atoms with Crippen LogP contribution in [0.15, 0.2) is 54.1 Å². The lowest BCUT2D eigenvalue weighted by atomic mass is 10.0. The molecule has 0 amide bonds. The van der Waals surface area contributed by atoms with Crippen LogP contribution in [0.5, 0.6) is 5.75 Å². The normalized spacial score (nSPS) is 10.4. The summed E-state index contributed by atoms with van der Waals surface area (Å²) < 4.78 is 21.2. The number of methoxy groups -OCH3 is 4. The number of esters is 2. The van der Waals surface area contributed by atoms with Gasteiger partial charge in [0, 0.05) is 17.5 Å². The van der Waals surface area contributed by atoms with Crippen molar-refractivity contribution in [1.29, 1.82) is 0 Å². The summed E-state index contributed by atoms with van der Waals surface area (Å²) in [5, 5.41) is 0.808. The molecule has 32 heavy (non-hydrogen) atoms. The first kappa shape index (κ1) is 22.6. The van der Waals surface area contributed by atoms with Crippen LogP contribution in [0, 0.1) is 0 Å². The van der Waals surface area contributed by atoms with Gasteiger partial charge in [-0.1, -0.05) is 24.3 Å². The number of benzene rings is 2. The van der Waals surface area contributed by atoms with Crippen molar-refractivity contribution < 1.29 is 33.3 Å². The second kappa shape index (κ2) is 9.82. The summed E-state index contributed by atoms with van der Waals surface area (Å²) in [5.41, 5.74) is 2.49. The molecular weight excluding hydrogens is 414 g/mol. The van der Waals surface area contributed by atoms with Gasteiger partial charge in [-0.2, -0.15) is 0 Å². The van der Waals surface area contributed by atoms with Gasteiger partial charge < -0.3 is 18.9 Å². The maximum Gasteiger partial charge on any atom is 0.418 e. The monoisotopic (exact) mass is 437 g/mol. The molecule has 0 atom stereocenters.